The van der Waals surface area contributed by atoms with Gasteiger partial charge in [-0.25, -0.2) is 0 Å². The molecule has 0 aliphatic heterocycles. The van der Waals surface area contributed by atoms with Crippen molar-refractivity contribution >= 4 is 28.2 Å². The molecule has 0 saturated carbocycles. The van der Waals surface area contributed by atoms with Crippen LogP contribution in [0.4, 0.5) is 5.00 Å². The van der Waals surface area contributed by atoms with Gasteiger partial charge >= 0.3 is 0 Å². The molecule has 2 rings (SSSR count). The molecule has 2 N–H and O–H groups in total. The van der Waals surface area contributed by atoms with Gasteiger partial charge in [-0.15, -0.1) is 11.3 Å². The second-order valence-corrected chi connectivity index (χ2v) is 6.28. The first-order chi connectivity index (χ1) is 10.5. The molecule has 4 nitrogen and oxygen atoms in total. The summed E-state index contributed by atoms with van der Waals surface area (Å²) in [6.45, 7) is 4.28. The van der Waals surface area contributed by atoms with Gasteiger partial charge in [0.25, 0.3) is 5.91 Å². The van der Waals surface area contributed by atoms with E-state index in [0.717, 1.165) is 5.56 Å². The summed E-state index contributed by atoms with van der Waals surface area (Å²) in [5.41, 5.74) is 2.71. The molecule has 0 unspecified atom stereocenters. The minimum atomic E-state index is -0.196. The van der Waals surface area contributed by atoms with Crippen LogP contribution in [-0.4, -0.2) is 18.9 Å². The van der Waals surface area contributed by atoms with Crippen LogP contribution in [0.2, 0.25) is 0 Å². The number of nitrogens with one attached hydrogen (secondary N) is 2. The van der Waals surface area contributed by atoms with E-state index >= 15 is 0 Å². The molecular weight excluding hydrogens is 296 g/mol. The molecule has 0 fully saturated rings. The zero-order chi connectivity index (χ0) is 16.1. The van der Waals surface area contributed by atoms with E-state index in [0.29, 0.717) is 22.9 Å². The van der Waals surface area contributed by atoms with Crippen molar-refractivity contribution in [1.82, 2.24) is 5.32 Å². The molecule has 1 aromatic heterocycles. The molecule has 1 aromatic carbocycles. The molecule has 5 heteroatoms. The number of thiophene rings is 1. The summed E-state index contributed by atoms with van der Waals surface area (Å²) in [7, 11) is 1.57. The van der Waals surface area contributed by atoms with Gasteiger partial charge in [-0.1, -0.05) is 38.1 Å². The van der Waals surface area contributed by atoms with Crippen LogP contribution >= 0.6 is 11.3 Å². The van der Waals surface area contributed by atoms with Crippen LogP contribution in [0.1, 0.15) is 41.3 Å². The largest absolute Gasteiger partial charge is 0.355 e. The van der Waals surface area contributed by atoms with Crippen LogP contribution in [0.25, 0.3) is 0 Å². The third kappa shape index (κ3) is 3.95. The Kier molecular flexibility index (Phi) is 5.33. The highest BCUT2D eigenvalue weighted by Crippen LogP contribution is 2.23. The number of anilines is 1. The maximum absolute atomic E-state index is 12.1. The summed E-state index contributed by atoms with van der Waals surface area (Å²) >= 11 is 1.35. The second kappa shape index (κ2) is 7.22. The Morgan fingerprint density at radius 1 is 1.14 bits per heavy atom. The molecule has 22 heavy (non-hydrogen) atoms. The average molecular weight is 316 g/mol. The molecule has 116 valence electrons. The minimum absolute atomic E-state index is 0.120. The molecular formula is C17H20N2O2S. The first-order valence-corrected chi connectivity index (χ1v) is 8.07. The number of benzene rings is 1. The van der Waals surface area contributed by atoms with Crippen molar-refractivity contribution in [2.45, 2.75) is 26.2 Å². The normalized spacial score (nSPS) is 10.5. The second-order valence-electron chi connectivity index (χ2n) is 5.36. The number of carbonyl (C=O) groups is 2. The Balaban J connectivity index is 2.01. The average Bonchev–Trinajstić information content (AvgIpc) is 2.95. The van der Waals surface area contributed by atoms with Gasteiger partial charge in [-0.2, -0.15) is 0 Å². The predicted octanol–water partition coefficient (Wildman–Crippen LogP) is 3.41. The highest BCUT2D eigenvalue weighted by atomic mass is 32.1. The molecule has 0 saturated heterocycles. The highest BCUT2D eigenvalue weighted by Gasteiger charge is 2.14. The van der Waals surface area contributed by atoms with E-state index in [1.54, 1.807) is 18.5 Å². The van der Waals surface area contributed by atoms with E-state index in [1.165, 1.54) is 16.9 Å². The lowest BCUT2D eigenvalue weighted by Gasteiger charge is -2.08. The number of hydrogen-bond acceptors (Lipinski definition) is 3. The van der Waals surface area contributed by atoms with E-state index in [2.05, 4.69) is 24.5 Å². The third-order valence-electron chi connectivity index (χ3n) is 3.40. The lowest BCUT2D eigenvalue weighted by atomic mass is 10.0. The Morgan fingerprint density at radius 3 is 2.41 bits per heavy atom. The summed E-state index contributed by atoms with van der Waals surface area (Å²) in [4.78, 5) is 23.8. The maximum atomic E-state index is 12.1. The Morgan fingerprint density at radius 2 is 1.82 bits per heavy atom. The van der Waals surface area contributed by atoms with Crippen molar-refractivity contribution in [3.05, 3.63) is 52.4 Å². The van der Waals surface area contributed by atoms with Crippen molar-refractivity contribution < 1.29 is 9.59 Å². The molecule has 0 atom stereocenters. The van der Waals surface area contributed by atoms with Gasteiger partial charge in [0.2, 0.25) is 5.91 Å². The first kappa shape index (κ1) is 16.2. The predicted molar refractivity (Wildman–Crippen MR) is 90.6 cm³/mol. The summed E-state index contributed by atoms with van der Waals surface area (Å²) < 4.78 is 0. The van der Waals surface area contributed by atoms with Gasteiger partial charge in [0.15, 0.2) is 0 Å². The molecule has 1 heterocycles. The van der Waals surface area contributed by atoms with Gasteiger partial charge in [0.1, 0.15) is 5.00 Å². The number of rotatable bonds is 5. The monoisotopic (exact) mass is 316 g/mol. The van der Waals surface area contributed by atoms with Crippen molar-refractivity contribution in [2.75, 3.05) is 12.4 Å². The molecule has 0 aliphatic carbocycles. The Hall–Kier alpha value is -2.14. The minimum Gasteiger partial charge on any atom is -0.355 e. The van der Waals surface area contributed by atoms with Crippen molar-refractivity contribution in [3.8, 4) is 0 Å². The maximum Gasteiger partial charge on any atom is 0.254 e. The van der Waals surface area contributed by atoms with Crippen LogP contribution in [0.5, 0.6) is 0 Å². The van der Waals surface area contributed by atoms with Crippen LogP contribution < -0.4 is 10.6 Å². The van der Waals surface area contributed by atoms with Gasteiger partial charge in [-0.05, 0) is 28.5 Å². The molecule has 0 aliphatic rings. The fourth-order valence-corrected chi connectivity index (χ4v) is 2.90. The van der Waals surface area contributed by atoms with Crippen LogP contribution in [0.15, 0.2) is 35.7 Å². The highest BCUT2D eigenvalue weighted by molar-refractivity contribution is 7.14. The van der Waals surface area contributed by atoms with Crippen molar-refractivity contribution in [1.29, 1.82) is 0 Å². The molecule has 2 amide bonds. The van der Waals surface area contributed by atoms with Crippen LogP contribution in [0, 0.1) is 0 Å². The van der Waals surface area contributed by atoms with Gasteiger partial charge in [-0.3, -0.25) is 9.59 Å². The Labute approximate surface area is 134 Å². The fourth-order valence-electron chi connectivity index (χ4n) is 2.10. The summed E-state index contributed by atoms with van der Waals surface area (Å²) in [5.74, 6) is 0.159. The van der Waals surface area contributed by atoms with E-state index in [1.807, 2.05) is 24.3 Å². The summed E-state index contributed by atoms with van der Waals surface area (Å²) in [5, 5.41) is 7.75. The molecule has 0 spiro atoms. The van der Waals surface area contributed by atoms with Crippen molar-refractivity contribution in [3.63, 3.8) is 0 Å². The zero-order valence-corrected chi connectivity index (χ0v) is 13.8. The smallest absolute Gasteiger partial charge is 0.254 e. The zero-order valence-electron chi connectivity index (χ0n) is 13.0. The third-order valence-corrected chi connectivity index (χ3v) is 4.23. The van der Waals surface area contributed by atoms with Gasteiger partial charge in [0, 0.05) is 7.05 Å². The lowest BCUT2D eigenvalue weighted by Crippen LogP contribution is -2.20. The van der Waals surface area contributed by atoms with E-state index in [4.69, 9.17) is 0 Å². The van der Waals surface area contributed by atoms with Crippen LogP contribution in [0.3, 0.4) is 0 Å². The summed E-state index contributed by atoms with van der Waals surface area (Å²) in [6, 6.07) is 9.76. The standard InChI is InChI=1S/C17H20N2O2S/c1-11(2)13-6-4-12(5-7-13)10-15(20)19-17-14(8-9-22-17)16(21)18-3/h4-9,11H,10H2,1-3H3,(H,18,21)(H,19,20). The molecule has 0 bridgehead atoms. The van der Waals surface area contributed by atoms with E-state index in [9.17, 15) is 9.59 Å². The molecule has 2 aromatic rings. The Bertz CT molecular complexity index is 660. The van der Waals surface area contributed by atoms with Gasteiger partial charge in [0.05, 0.1) is 12.0 Å². The van der Waals surface area contributed by atoms with Gasteiger partial charge < -0.3 is 10.6 Å². The van der Waals surface area contributed by atoms with Crippen LogP contribution in [-0.2, 0) is 11.2 Å². The number of hydrogen-bond donors (Lipinski definition) is 2. The number of carbonyl (C=O) groups excluding carboxylic acids is 2. The SMILES string of the molecule is CNC(=O)c1ccsc1NC(=O)Cc1ccc(C(C)C)cc1. The molecule has 0 radical (unpaired) electrons. The van der Waals surface area contributed by atoms with E-state index < -0.39 is 0 Å². The lowest BCUT2D eigenvalue weighted by molar-refractivity contribution is -0.115. The topological polar surface area (TPSA) is 58.2 Å². The summed E-state index contributed by atoms with van der Waals surface area (Å²) in [6.07, 6.45) is 0.295. The quantitative estimate of drug-likeness (QED) is 0.888. The van der Waals surface area contributed by atoms with Crippen molar-refractivity contribution in [2.24, 2.45) is 0 Å². The first-order valence-electron chi connectivity index (χ1n) is 7.19. The fraction of sp³-hybridized carbons (Fsp3) is 0.294. The number of amides is 2. The van der Waals surface area contributed by atoms with E-state index in [-0.39, 0.29) is 11.8 Å².